The molecule has 172 valence electrons. The first-order valence-corrected chi connectivity index (χ1v) is 11.3. The zero-order valence-electron chi connectivity index (χ0n) is 17.6. The van der Waals surface area contributed by atoms with Crippen LogP contribution < -0.4 is 14.8 Å². The number of benzene rings is 3. The molecule has 0 aliphatic carbocycles. The number of carbonyl (C=O) groups excluding carboxylic acids is 2. The first-order valence-electron chi connectivity index (χ1n) is 9.78. The Morgan fingerprint density at radius 2 is 1.58 bits per heavy atom. The van der Waals surface area contributed by atoms with Crippen LogP contribution >= 0.6 is 0 Å². The van der Waals surface area contributed by atoms with Crippen LogP contribution in [0.1, 0.15) is 10.4 Å². The number of sulfonamides is 1. The van der Waals surface area contributed by atoms with Crippen LogP contribution in [0.5, 0.6) is 11.5 Å². The standard InChI is InChI=1S/C23H22N2O7S/c1-31-23(28)20(15-26)24-22(27)16-11-13-18(14-12-16)33(29,30)25-19-9-5-6-10-21(19)32-17-7-3-2-4-8-17/h2-14,20,25-26H,15H2,1H3,(H,24,27). The van der Waals surface area contributed by atoms with E-state index in [0.29, 0.717) is 11.5 Å². The summed E-state index contributed by atoms with van der Waals surface area (Å²) >= 11 is 0. The fraction of sp³-hybridized carbons (Fsp3) is 0.130. The lowest BCUT2D eigenvalue weighted by molar-refractivity contribution is -0.143. The molecule has 3 rings (SSSR count). The van der Waals surface area contributed by atoms with Crippen LogP contribution in [-0.4, -0.2) is 45.2 Å². The average molecular weight is 471 g/mol. The van der Waals surface area contributed by atoms with Crippen LogP contribution in [0.3, 0.4) is 0 Å². The van der Waals surface area contributed by atoms with Crippen LogP contribution in [0.25, 0.3) is 0 Å². The molecule has 0 saturated carbocycles. The van der Waals surface area contributed by atoms with E-state index in [-0.39, 0.29) is 16.1 Å². The van der Waals surface area contributed by atoms with Crippen LogP contribution in [0, 0.1) is 0 Å². The first kappa shape index (κ1) is 23.8. The Kier molecular flexibility index (Phi) is 7.65. The van der Waals surface area contributed by atoms with Gasteiger partial charge in [-0.3, -0.25) is 9.52 Å². The fourth-order valence-corrected chi connectivity index (χ4v) is 3.88. The molecule has 0 aliphatic rings. The number of anilines is 1. The Morgan fingerprint density at radius 1 is 0.939 bits per heavy atom. The average Bonchev–Trinajstić information content (AvgIpc) is 2.83. The van der Waals surface area contributed by atoms with Crippen molar-refractivity contribution in [2.45, 2.75) is 10.9 Å². The molecule has 0 radical (unpaired) electrons. The molecule has 1 atom stereocenters. The number of hydrogen-bond donors (Lipinski definition) is 3. The van der Waals surface area contributed by atoms with Crippen molar-refractivity contribution in [1.29, 1.82) is 0 Å². The number of amides is 1. The Hall–Kier alpha value is -3.89. The van der Waals surface area contributed by atoms with Gasteiger partial charge in [0.1, 0.15) is 5.75 Å². The quantitative estimate of drug-likeness (QED) is 0.410. The highest BCUT2D eigenvalue weighted by Crippen LogP contribution is 2.30. The number of methoxy groups -OCH3 is 1. The molecule has 0 spiro atoms. The number of rotatable bonds is 9. The maximum absolute atomic E-state index is 12.9. The first-order chi connectivity index (χ1) is 15.8. The molecule has 3 aromatic rings. The van der Waals surface area contributed by atoms with Crippen LogP contribution in [-0.2, 0) is 19.6 Å². The van der Waals surface area contributed by atoms with Gasteiger partial charge in [0.2, 0.25) is 0 Å². The summed E-state index contributed by atoms with van der Waals surface area (Å²) in [6.45, 7) is -0.640. The second kappa shape index (κ2) is 10.6. The fourth-order valence-electron chi connectivity index (χ4n) is 2.81. The molecular formula is C23H22N2O7S. The van der Waals surface area contributed by atoms with E-state index in [4.69, 9.17) is 4.74 Å². The zero-order chi connectivity index (χ0) is 23.8. The van der Waals surface area contributed by atoms with Gasteiger partial charge in [-0.1, -0.05) is 30.3 Å². The van der Waals surface area contributed by atoms with E-state index in [2.05, 4.69) is 14.8 Å². The van der Waals surface area contributed by atoms with Gasteiger partial charge in [-0.05, 0) is 48.5 Å². The maximum Gasteiger partial charge on any atom is 0.330 e. The van der Waals surface area contributed by atoms with E-state index in [0.717, 1.165) is 7.11 Å². The van der Waals surface area contributed by atoms with Gasteiger partial charge in [0.25, 0.3) is 15.9 Å². The number of hydrogen-bond acceptors (Lipinski definition) is 7. The van der Waals surface area contributed by atoms with E-state index in [1.165, 1.54) is 24.3 Å². The largest absolute Gasteiger partial charge is 0.467 e. The van der Waals surface area contributed by atoms with E-state index in [9.17, 15) is 23.1 Å². The van der Waals surface area contributed by atoms with Crippen molar-refractivity contribution in [3.05, 3.63) is 84.4 Å². The topological polar surface area (TPSA) is 131 Å². The summed E-state index contributed by atoms with van der Waals surface area (Å²) in [7, 11) is -2.86. The lowest BCUT2D eigenvalue weighted by Gasteiger charge is -2.15. The summed E-state index contributed by atoms with van der Waals surface area (Å²) in [6, 6.07) is 19.4. The Balaban J connectivity index is 1.75. The number of nitrogens with one attached hydrogen (secondary N) is 2. The van der Waals surface area contributed by atoms with E-state index in [1.54, 1.807) is 48.5 Å². The number of esters is 1. The third-order valence-electron chi connectivity index (χ3n) is 4.50. The molecule has 0 aromatic heterocycles. The lowest BCUT2D eigenvalue weighted by Crippen LogP contribution is -2.44. The van der Waals surface area contributed by atoms with Crippen molar-refractivity contribution < 1.29 is 32.6 Å². The Labute approximate surface area is 191 Å². The minimum absolute atomic E-state index is 0.0831. The van der Waals surface area contributed by atoms with Crippen LogP contribution in [0.2, 0.25) is 0 Å². The van der Waals surface area contributed by atoms with Crippen LogP contribution in [0.15, 0.2) is 83.8 Å². The monoisotopic (exact) mass is 470 g/mol. The summed E-state index contributed by atoms with van der Waals surface area (Å²) in [6.07, 6.45) is 0. The molecule has 9 nitrogen and oxygen atoms in total. The smallest absolute Gasteiger partial charge is 0.330 e. The van der Waals surface area contributed by atoms with Gasteiger partial charge in [0.05, 0.1) is 24.3 Å². The minimum Gasteiger partial charge on any atom is -0.467 e. The molecule has 0 saturated heterocycles. The highest BCUT2D eigenvalue weighted by Gasteiger charge is 2.22. The van der Waals surface area contributed by atoms with E-state index in [1.807, 2.05) is 6.07 Å². The molecule has 0 bridgehead atoms. The van der Waals surface area contributed by atoms with Gasteiger partial charge >= 0.3 is 5.97 Å². The lowest BCUT2D eigenvalue weighted by atomic mass is 10.2. The second-order valence-corrected chi connectivity index (χ2v) is 8.46. The predicted octanol–water partition coefficient (Wildman–Crippen LogP) is 2.54. The van der Waals surface area contributed by atoms with Gasteiger partial charge in [-0.2, -0.15) is 0 Å². The van der Waals surface area contributed by atoms with E-state index >= 15 is 0 Å². The van der Waals surface area contributed by atoms with Gasteiger partial charge in [-0.25, -0.2) is 13.2 Å². The van der Waals surface area contributed by atoms with Gasteiger partial charge in [-0.15, -0.1) is 0 Å². The second-order valence-electron chi connectivity index (χ2n) is 6.77. The highest BCUT2D eigenvalue weighted by molar-refractivity contribution is 7.92. The van der Waals surface area contributed by atoms with Gasteiger partial charge < -0.3 is 19.9 Å². The van der Waals surface area contributed by atoms with Crippen molar-refractivity contribution in [2.24, 2.45) is 0 Å². The molecule has 10 heteroatoms. The van der Waals surface area contributed by atoms with E-state index < -0.39 is 34.5 Å². The molecule has 0 aliphatic heterocycles. The highest BCUT2D eigenvalue weighted by atomic mass is 32.2. The van der Waals surface area contributed by atoms with Crippen molar-refractivity contribution in [3.63, 3.8) is 0 Å². The SMILES string of the molecule is COC(=O)C(CO)NC(=O)c1ccc(S(=O)(=O)Nc2ccccc2Oc2ccccc2)cc1. The summed E-state index contributed by atoms with van der Waals surface area (Å²) in [5.74, 6) is -0.600. The minimum atomic E-state index is -3.99. The summed E-state index contributed by atoms with van der Waals surface area (Å²) in [4.78, 5) is 23.7. The number of aliphatic hydroxyl groups excluding tert-OH is 1. The van der Waals surface area contributed by atoms with Crippen molar-refractivity contribution in [2.75, 3.05) is 18.4 Å². The third-order valence-corrected chi connectivity index (χ3v) is 5.88. The summed E-state index contributed by atoms with van der Waals surface area (Å²) in [5, 5.41) is 11.5. The Morgan fingerprint density at radius 3 is 2.21 bits per heavy atom. The molecular weight excluding hydrogens is 448 g/mol. The third kappa shape index (κ3) is 6.09. The molecule has 3 aromatic carbocycles. The van der Waals surface area contributed by atoms with Crippen LogP contribution in [0.4, 0.5) is 5.69 Å². The molecule has 0 heterocycles. The van der Waals surface area contributed by atoms with Crippen molar-refractivity contribution >= 4 is 27.6 Å². The summed E-state index contributed by atoms with van der Waals surface area (Å²) < 4.78 is 38.5. The number of carbonyl (C=O) groups is 2. The zero-order valence-corrected chi connectivity index (χ0v) is 18.4. The number of para-hydroxylation sites is 3. The number of aliphatic hydroxyl groups is 1. The molecule has 3 N–H and O–H groups in total. The van der Waals surface area contributed by atoms with Gasteiger partial charge in [0.15, 0.2) is 11.8 Å². The maximum atomic E-state index is 12.9. The normalized spacial score (nSPS) is 11.8. The van der Waals surface area contributed by atoms with Gasteiger partial charge in [0, 0.05) is 5.56 Å². The summed E-state index contributed by atoms with van der Waals surface area (Å²) in [5.41, 5.74) is 0.344. The predicted molar refractivity (Wildman–Crippen MR) is 121 cm³/mol. The van der Waals surface area contributed by atoms with Crippen molar-refractivity contribution in [3.8, 4) is 11.5 Å². The molecule has 1 unspecified atom stereocenters. The number of ether oxygens (including phenoxy) is 2. The Bertz CT molecular complexity index is 1210. The molecule has 0 fully saturated rings. The molecule has 33 heavy (non-hydrogen) atoms. The van der Waals surface area contributed by atoms with Crippen molar-refractivity contribution in [1.82, 2.24) is 5.32 Å². The molecule has 1 amide bonds.